The van der Waals surface area contributed by atoms with Crippen LogP contribution in [0.3, 0.4) is 0 Å². The summed E-state index contributed by atoms with van der Waals surface area (Å²) in [4.78, 5) is 22.6. The second-order valence-corrected chi connectivity index (χ2v) is 17.2. The van der Waals surface area contributed by atoms with Gasteiger partial charge >= 0.3 is 13.8 Å². The van der Waals surface area contributed by atoms with Gasteiger partial charge in [0.05, 0.1) is 34.0 Å². The molecular formula is C44H85NO7P+. The number of phosphoric acid groups is 1. The smallest absolute Gasteiger partial charge is 0.472 e. The number of allylic oxidation sites excluding steroid dienone is 5. The van der Waals surface area contributed by atoms with Gasteiger partial charge in [0.1, 0.15) is 19.8 Å². The number of phosphoric ester groups is 1. The number of hydrogen-bond donors (Lipinski definition) is 1. The molecule has 0 aromatic carbocycles. The first-order chi connectivity index (χ1) is 25.6. The molecule has 0 aliphatic rings. The third kappa shape index (κ3) is 41.6. The van der Waals surface area contributed by atoms with Gasteiger partial charge in [-0.1, -0.05) is 134 Å². The fourth-order valence-electron chi connectivity index (χ4n) is 5.76. The molecule has 0 aromatic heterocycles. The second kappa shape index (κ2) is 37.5. The molecule has 0 saturated heterocycles. The summed E-state index contributed by atoms with van der Waals surface area (Å²) in [5.41, 5.74) is 0. The van der Waals surface area contributed by atoms with E-state index >= 15 is 0 Å². The van der Waals surface area contributed by atoms with Crippen molar-refractivity contribution < 1.29 is 37.3 Å². The van der Waals surface area contributed by atoms with Crippen LogP contribution in [-0.2, 0) is 27.9 Å². The van der Waals surface area contributed by atoms with E-state index in [1.54, 1.807) is 6.26 Å². The van der Waals surface area contributed by atoms with Gasteiger partial charge in [0, 0.05) is 6.42 Å². The molecule has 0 bridgehead atoms. The largest absolute Gasteiger partial charge is 0.492 e. The number of hydrogen-bond acceptors (Lipinski definition) is 6. The number of rotatable bonds is 40. The maximum Gasteiger partial charge on any atom is 0.472 e. The fraction of sp³-hybridized carbons (Fsp3) is 0.841. The lowest BCUT2D eigenvalue weighted by molar-refractivity contribution is -0.870. The molecule has 0 amide bonds. The average Bonchev–Trinajstić information content (AvgIpc) is 3.11. The zero-order valence-electron chi connectivity index (χ0n) is 35.3. The van der Waals surface area contributed by atoms with Crippen LogP contribution in [0.2, 0.25) is 0 Å². The van der Waals surface area contributed by atoms with Crippen molar-refractivity contribution in [2.45, 2.75) is 193 Å². The van der Waals surface area contributed by atoms with E-state index in [1.165, 1.54) is 128 Å². The number of carbonyl (C=O) groups is 1. The van der Waals surface area contributed by atoms with E-state index in [-0.39, 0.29) is 25.8 Å². The first kappa shape index (κ1) is 51.6. The third-order valence-corrected chi connectivity index (χ3v) is 10.2. The molecule has 8 nitrogen and oxygen atoms in total. The topological polar surface area (TPSA) is 91.3 Å². The van der Waals surface area contributed by atoms with Crippen LogP contribution in [0.4, 0.5) is 0 Å². The van der Waals surface area contributed by atoms with Crippen molar-refractivity contribution in [3.8, 4) is 0 Å². The number of quaternary nitrogens is 1. The molecule has 2 unspecified atom stereocenters. The second-order valence-electron chi connectivity index (χ2n) is 15.8. The Labute approximate surface area is 327 Å². The van der Waals surface area contributed by atoms with Crippen LogP contribution >= 0.6 is 7.82 Å². The highest BCUT2D eigenvalue weighted by molar-refractivity contribution is 7.47. The van der Waals surface area contributed by atoms with Gasteiger partial charge < -0.3 is 18.9 Å². The summed E-state index contributed by atoms with van der Waals surface area (Å²) in [7, 11) is 1.66. The third-order valence-electron chi connectivity index (χ3n) is 9.26. The van der Waals surface area contributed by atoms with Gasteiger partial charge in [0.25, 0.3) is 0 Å². The number of esters is 1. The summed E-state index contributed by atoms with van der Waals surface area (Å²) in [6.07, 6.45) is 44.2. The standard InChI is InChI=1S/C44H84NO7P/c1-6-8-10-12-14-16-18-20-22-24-26-28-30-32-34-36-39-49-43(42-52-53(47,48)51-40-38-45(3,4)5)41-50-44(46)37-35-33-31-29-27-25-23-21-19-17-15-13-11-9-7-2/h16,18,21,23,36,39,43H,6-15,17,19-20,22,24-35,37-38,40-42H2,1-5H3/p+1/b18-16-,23-21-,39-36-. The van der Waals surface area contributed by atoms with E-state index in [0.717, 1.165) is 38.5 Å². The van der Waals surface area contributed by atoms with Crippen molar-refractivity contribution in [1.82, 2.24) is 0 Å². The Morgan fingerprint density at radius 2 is 1.00 bits per heavy atom. The molecule has 0 radical (unpaired) electrons. The molecule has 0 saturated carbocycles. The monoisotopic (exact) mass is 771 g/mol. The Morgan fingerprint density at radius 1 is 0.585 bits per heavy atom. The van der Waals surface area contributed by atoms with E-state index in [2.05, 4.69) is 38.2 Å². The molecule has 1 N–H and O–H groups in total. The quantitative estimate of drug-likeness (QED) is 0.0166. The highest BCUT2D eigenvalue weighted by atomic mass is 31.2. The van der Waals surface area contributed by atoms with Crippen molar-refractivity contribution >= 4 is 13.8 Å². The van der Waals surface area contributed by atoms with Crippen LogP contribution in [0.15, 0.2) is 36.6 Å². The fourth-order valence-corrected chi connectivity index (χ4v) is 6.50. The minimum Gasteiger partial charge on any atom is -0.492 e. The molecule has 0 fully saturated rings. The Morgan fingerprint density at radius 3 is 1.47 bits per heavy atom. The zero-order valence-corrected chi connectivity index (χ0v) is 36.1. The van der Waals surface area contributed by atoms with Gasteiger partial charge in [0.2, 0.25) is 0 Å². The number of nitrogens with zero attached hydrogens (tertiary/aromatic N) is 1. The van der Waals surface area contributed by atoms with Crippen molar-refractivity contribution in [2.75, 3.05) is 47.5 Å². The van der Waals surface area contributed by atoms with Crippen molar-refractivity contribution in [3.05, 3.63) is 36.6 Å². The molecule has 0 heterocycles. The first-order valence-corrected chi connectivity index (χ1v) is 23.3. The van der Waals surface area contributed by atoms with Crippen molar-refractivity contribution in [2.24, 2.45) is 0 Å². The minimum absolute atomic E-state index is 0.0544. The highest BCUT2D eigenvalue weighted by Gasteiger charge is 2.25. The Bertz CT molecular complexity index is 947. The molecule has 0 aromatic rings. The van der Waals surface area contributed by atoms with Gasteiger partial charge in [-0.05, 0) is 76.7 Å². The number of likely N-dealkylation sites (N-methyl/N-ethyl adjacent to an activating group) is 1. The van der Waals surface area contributed by atoms with Crippen LogP contribution < -0.4 is 0 Å². The van der Waals surface area contributed by atoms with Gasteiger partial charge in [-0.15, -0.1) is 0 Å². The Hall–Kier alpha value is -1.44. The van der Waals surface area contributed by atoms with Gasteiger partial charge in [-0.2, -0.15) is 0 Å². The van der Waals surface area contributed by atoms with Crippen LogP contribution in [-0.4, -0.2) is 69.0 Å². The molecule has 312 valence electrons. The SMILES string of the molecule is CCCCCC/C=C\CCCCCCCC/C=C\OC(COC(=O)CCCCCCC/C=C\CCCCCCCC)COP(=O)(O)OCC[N+](C)(C)C. The lowest BCUT2D eigenvalue weighted by Gasteiger charge is -2.24. The number of ether oxygens (including phenoxy) is 2. The molecular weight excluding hydrogens is 685 g/mol. The van der Waals surface area contributed by atoms with Crippen molar-refractivity contribution in [1.29, 1.82) is 0 Å². The van der Waals surface area contributed by atoms with Crippen molar-refractivity contribution in [3.63, 3.8) is 0 Å². The summed E-state index contributed by atoms with van der Waals surface area (Å²) in [6, 6.07) is 0. The minimum atomic E-state index is -4.27. The number of unbranched alkanes of at least 4 members (excludes halogenated alkanes) is 22. The number of carbonyl (C=O) groups excluding carboxylic acids is 1. The lowest BCUT2D eigenvalue weighted by Crippen LogP contribution is -2.37. The van der Waals surface area contributed by atoms with Crippen LogP contribution in [0.1, 0.15) is 187 Å². The predicted molar refractivity (Wildman–Crippen MR) is 224 cm³/mol. The molecule has 53 heavy (non-hydrogen) atoms. The maximum absolute atomic E-state index is 12.5. The highest BCUT2D eigenvalue weighted by Crippen LogP contribution is 2.43. The molecule has 2 atom stereocenters. The van der Waals surface area contributed by atoms with E-state index in [9.17, 15) is 14.3 Å². The predicted octanol–water partition coefficient (Wildman–Crippen LogP) is 13.0. The molecule has 0 rings (SSSR count). The summed E-state index contributed by atoms with van der Waals surface area (Å²) in [6.45, 7) is 4.88. The summed E-state index contributed by atoms with van der Waals surface area (Å²) < 4.78 is 34.7. The Balaban J connectivity index is 4.31. The summed E-state index contributed by atoms with van der Waals surface area (Å²) in [5, 5.41) is 0. The average molecular weight is 771 g/mol. The van der Waals surface area contributed by atoms with E-state index < -0.39 is 13.9 Å². The molecule has 0 spiro atoms. The van der Waals surface area contributed by atoms with Crippen LogP contribution in [0, 0.1) is 0 Å². The zero-order chi connectivity index (χ0) is 39.1. The normalized spacial score (nSPS) is 14.1. The van der Waals surface area contributed by atoms with Gasteiger partial charge in [-0.3, -0.25) is 13.8 Å². The van der Waals surface area contributed by atoms with E-state index in [4.69, 9.17) is 18.5 Å². The lowest BCUT2D eigenvalue weighted by atomic mass is 10.1. The van der Waals surface area contributed by atoms with Crippen LogP contribution in [0.5, 0.6) is 0 Å². The molecule has 0 aliphatic carbocycles. The van der Waals surface area contributed by atoms with Crippen LogP contribution in [0.25, 0.3) is 0 Å². The van der Waals surface area contributed by atoms with E-state index in [0.29, 0.717) is 17.4 Å². The Kier molecular flexibility index (Phi) is 36.5. The maximum atomic E-state index is 12.5. The van der Waals surface area contributed by atoms with Gasteiger partial charge in [-0.25, -0.2) is 4.57 Å². The first-order valence-electron chi connectivity index (χ1n) is 21.8. The molecule has 0 aliphatic heterocycles. The summed E-state index contributed by atoms with van der Waals surface area (Å²) >= 11 is 0. The summed E-state index contributed by atoms with van der Waals surface area (Å²) in [5.74, 6) is -0.287. The van der Waals surface area contributed by atoms with Gasteiger partial charge in [0.15, 0.2) is 6.10 Å². The molecule has 9 heteroatoms. The van der Waals surface area contributed by atoms with E-state index in [1.807, 2.05) is 27.2 Å².